The molecule has 0 aromatic carbocycles. The minimum Gasteiger partial charge on any atom is -0.481 e. The van der Waals surface area contributed by atoms with Crippen LogP contribution >= 0.6 is 0 Å². The van der Waals surface area contributed by atoms with Gasteiger partial charge in [0, 0.05) is 43.6 Å². The van der Waals surface area contributed by atoms with Crippen molar-refractivity contribution in [2.24, 2.45) is 5.92 Å². The first-order valence-electron chi connectivity index (χ1n) is 8.88. The molecule has 0 saturated carbocycles. The van der Waals surface area contributed by atoms with E-state index in [0.29, 0.717) is 36.8 Å². The minimum absolute atomic E-state index is 0.0128. The highest BCUT2D eigenvalue weighted by atomic mass is 19.3. The van der Waals surface area contributed by atoms with E-state index < -0.39 is 11.9 Å². The van der Waals surface area contributed by atoms with Gasteiger partial charge in [0.25, 0.3) is 5.92 Å². The average molecular weight is 362 g/mol. The molecule has 6 nitrogen and oxygen atoms in total. The molecule has 0 unspecified atom stereocenters. The fourth-order valence-corrected chi connectivity index (χ4v) is 4.14. The maximum Gasteiger partial charge on any atom is 0.303 e. The van der Waals surface area contributed by atoms with Crippen molar-refractivity contribution in [2.75, 3.05) is 29.4 Å². The predicted octanol–water partition coefficient (Wildman–Crippen LogP) is 3.18. The summed E-state index contributed by atoms with van der Waals surface area (Å²) in [5.74, 6) is -2.98. The number of hydrogen-bond donors (Lipinski definition) is 1. The normalized spacial score (nSPS) is 23.8. The van der Waals surface area contributed by atoms with E-state index in [1.165, 1.54) is 0 Å². The van der Waals surface area contributed by atoms with Gasteiger partial charge in [0.1, 0.15) is 11.6 Å². The molecule has 1 N–H and O–H groups in total. The molecular formula is C18H20F2N4O2. The number of alkyl halides is 2. The highest BCUT2D eigenvalue weighted by Crippen LogP contribution is 2.53. The van der Waals surface area contributed by atoms with Crippen LogP contribution in [0.25, 0.3) is 4.85 Å². The minimum atomic E-state index is -3.01. The number of anilines is 2. The van der Waals surface area contributed by atoms with Gasteiger partial charge in [-0.25, -0.2) is 18.6 Å². The number of aliphatic carboxylic acids is 1. The van der Waals surface area contributed by atoms with Crippen LogP contribution in [0.1, 0.15) is 37.3 Å². The van der Waals surface area contributed by atoms with Gasteiger partial charge >= 0.3 is 5.97 Å². The van der Waals surface area contributed by atoms with Gasteiger partial charge in [-0.3, -0.25) is 4.79 Å². The maximum atomic E-state index is 14.6. The van der Waals surface area contributed by atoms with Crippen LogP contribution in [0.15, 0.2) is 0 Å². The van der Waals surface area contributed by atoms with E-state index in [-0.39, 0.29) is 42.5 Å². The molecule has 0 bridgehead atoms. The molecule has 8 heteroatoms. The highest BCUT2D eigenvalue weighted by molar-refractivity contribution is 5.80. The smallest absolute Gasteiger partial charge is 0.303 e. The van der Waals surface area contributed by atoms with Gasteiger partial charge in [-0.1, -0.05) is 0 Å². The molecule has 138 valence electrons. The lowest BCUT2D eigenvalue weighted by Crippen LogP contribution is -2.49. The second kappa shape index (κ2) is 5.79. The Kier molecular flexibility index (Phi) is 3.79. The number of halogens is 2. The lowest BCUT2D eigenvalue weighted by Gasteiger charge is -2.44. The molecule has 1 aliphatic carbocycles. The molecule has 3 heterocycles. The predicted molar refractivity (Wildman–Crippen MR) is 92.1 cm³/mol. The number of carboxylic acid groups (broad SMARTS) is 1. The first kappa shape index (κ1) is 17.0. The lowest BCUT2D eigenvalue weighted by molar-refractivity contribution is -0.138. The first-order chi connectivity index (χ1) is 12.3. The van der Waals surface area contributed by atoms with Crippen molar-refractivity contribution in [3.05, 3.63) is 22.5 Å². The fourth-order valence-electron chi connectivity index (χ4n) is 4.14. The number of nitrogens with zero attached hydrogens (tertiary/aromatic N) is 4. The van der Waals surface area contributed by atoms with Crippen LogP contribution in [0.5, 0.6) is 0 Å². The Bertz CT molecular complexity index is 814. The van der Waals surface area contributed by atoms with Gasteiger partial charge in [-0.15, -0.1) is 0 Å². The Hall–Kier alpha value is -2.43. The van der Waals surface area contributed by atoms with Gasteiger partial charge in [-0.05, 0) is 25.3 Å². The summed E-state index contributed by atoms with van der Waals surface area (Å²) in [5.41, 5.74) is 0.292. The SMILES string of the molecule is [C-]#[N+]c1c(N2CC[C@@H]2C)nc(N2CC(CC(=O)O)C2)c2c1C(F)(F)CC2. The summed E-state index contributed by atoms with van der Waals surface area (Å²) in [6.07, 6.45) is 0.922. The Labute approximate surface area is 150 Å². The van der Waals surface area contributed by atoms with Crippen LogP contribution in [0.4, 0.5) is 26.1 Å². The number of pyridine rings is 1. The van der Waals surface area contributed by atoms with E-state index in [1.54, 1.807) is 0 Å². The summed E-state index contributed by atoms with van der Waals surface area (Å²) in [6.45, 7) is 11.2. The Balaban J connectivity index is 1.76. The highest BCUT2D eigenvalue weighted by Gasteiger charge is 2.47. The quantitative estimate of drug-likeness (QED) is 0.834. The number of carbonyl (C=O) groups is 1. The van der Waals surface area contributed by atoms with Crippen molar-refractivity contribution in [3.63, 3.8) is 0 Å². The van der Waals surface area contributed by atoms with Gasteiger partial charge in [-0.2, -0.15) is 0 Å². The van der Waals surface area contributed by atoms with E-state index in [9.17, 15) is 13.6 Å². The molecule has 2 aliphatic heterocycles. The fraction of sp³-hybridized carbons (Fsp3) is 0.611. The van der Waals surface area contributed by atoms with Crippen molar-refractivity contribution in [2.45, 2.75) is 44.6 Å². The summed E-state index contributed by atoms with van der Waals surface area (Å²) in [6, 6.07) is 0.181. The first-order valence-corrected chi connectivity index (χ1v) is 8.88. The molecule has 2 saturated heterocycles. The standard InChI is InChI=1S/C18H20F2N4O2/c1-10-4-6-24(10)17-15(21-2)14-12(3-5-18(14,19)20)16(22-17)23-8-11(9-23)7-13(25)26/h10-11H,3-9H2,1H3,(H,25,26)/t10-/m0/s1. The molecule has 0 radical (unpaired) electrons. The Morgan fingerprint density at radius 2 is 2.15 bits per heavy atom. The van der Waals surface area contributed by atoms with Gasteiger partial charge in [0.2, 0.25) is 5.69 Å². The van der Waals surface area contributed by atoms with Crippen LogP contribution in [-0.2, 0) is 17.1 Å². The van der Waals surface area contributed by atoms with E-state index in [0.717, 1.165) is 6.42 Å². The van der Waals surface area contributed by atoms with Gasteiger partial charge < -0.3 is 14.9 Å². The molecule has 2 fully saturated rings. The molecule has 3 aliphatic rings. The monoisotopic (exact) mass is 362 g/mol. The zero-order chi connectivity index (χ0) is 18.6. The van der Waals surface area contributed by atoms with Crippen LogP contribution in [0.3, 0.4) is 0 Å². The summed E-state index contributed by atoms with van der Waals surface area (Å²) < 4.78 is 29.2. The Morgan fingerprint density at radius 3 is 2.69 bits per heavy atom. The summed E-state index contributed by atoms with van der Waals surface area (Å²) in [5, 5.41) is 8.91. The molecule has 0 spiro atoms. The van der Waals surface area contributed by atoms with Crippen LogP contribution in [0, 0.1) is 12.5 Å². The maximum absolute atomic E-state index is 14.6. The van der Waals surface area contributed by atoms with Crippen molar-refractivity contribution in [1.82, 2.24) is 4.98 Å². The molecule has 4 rings (SSSR count). The number of rotatable bonds is 4. The molecule has 1 aromatic heterocycles. The number of aromatic nitrogens is 1. The largest absolute Gasteiger partial charge is 0.481 e. The van der Waals surface area contributed by atoms with E-state index in [2.05, 4.69) is 9.83 Å². The molecule has 1 aromatic rings. The molecule has 0 amide bonds. The Morgan fingerprint density at radius 1 is 1.42 bits per heavy atom. The topological polar surface area (TPSA) is 61.0 Å². The van der Waals surface area contributed by atoms with Crippen molar-refractivity contribution in [1.29, 1.82) is 0 Å². The number of hydrogen-bond acceptors (Lipinski definition) is 4. The zero-order valence-electron chi connectivity index (χ0n) is 14.5. The summed E-state index contributed by atoms with van der Waals surface area (Å²) >= 11 is 0. The van der Waals surface area contributed by atoms with E-state index in [1.807, 2.05) is 16.7 Å². The van der Waals surface area contributed by atoms with Crippen LogP contribution in [-0.4, -0.2) is 41.7 Å². The lowest BCUT2D eigenvalue weighted by atomic mass is 9.95. The van der Waals surface area contributed by atoms with Crippen molar-refractivity contribution >= 4 is 23.3 Å². The van der Waals surface area contributed by atoms with E-state index in [4.69, 9.17) is 11.7 Å². The molecule has 26 heavy (non-hydrogen) atoms. The van der Waals surface area contributed by atoms with Gasteiger partial charge in [0.05, 0.1) is 13.0 Å². The zero-order valence-corrected chi connectivity index (χ0v) is 14.5. The second-order valence-electron chi connectivity index (χ2n) is 7.48. The molecule has 1 atom stereocenters. The summed E-state index contributed by atoms with van der Waals surface area (Å²) in [7, 11) is 0. The molecular weight excluding hydrogens is 342 g/mol. The third kappa shape index (κ3) is 2.49. The van der Waals surface area contributed by atoms with Gasteiger partial charge in [0.15, 0.2) is 0 Å². The number of fused-ring (bicyclic) bond motifs is 1. The second-order valence-corrected chi connectivity index (χ2v) is 7.48. The average Bonchev–Trinajstić information content (AvgIpc) is 2.84. The van der Waals surface area contributed by atoms with Crippen molar-refractivity contribution < 1.29 is 18.7 Å². The van der Waals surface area contributed by atoms with Crippen LogP contribution in [0.2, 0.25) is 0 Å². The summed E-state index contributed by atoms with van der Waals surface area (Å²) in [4.78, 5) is 22.7. The third-order valence-corrected chi connectivity index (χ3v) is 5.71. The third-order valence-electron chi connectivity index (χ3n) is 5.71. The van der Waals surface area contributed by atoms with Crippen LogP contribution < -0.4 is 9.80 Å². The number of carboxylic acids is 1. The van der Waals surface area contributed by atoms with Crippen molar-refractivity contribution in [3.8, 4) is 0 Å². The van der Waals surface area contributed by atoms with E-state index >= 15 is 0 Å².